The van der Waals surface area contributed by atoms with E-state index in [1.54, 1.807) is 24.5 Å². The van der Waals surface area contributed by atoms with E-state index in [-0.39, 0.29) is 0 Å². The quantitative estimate of drug-likeness (QED) is 0.562. The molecule has 2 aromatic heterocycles. The number of H-pyrrole nitrogens is 1. The number of benzene rings is 1. The van der Waals surface area contributed by atoms with E-state index in [1.807, 2.05) is 18.2 Å². The fourth-order valence-electron chi connectivity index (χ4n) is 1.91. The third-order valence-corrected chi connectivity index (χ3v) is 2.78. The summed E-state index contributed by atoms with van der Waals surface area (Å²) in [6, 6.07) is 8.92. The third-order valence-electron chi connectivity index (χ3n) is 2.78. The molecular formula is C12H10BN3O2. The summed E-state index contributed by atoms with van der Waals surface area (Å²) in [6.07, 6.45) is 3.37. The summed E-state index contributed by atoms with van der Waals surface area (Å²) in [5, 5.41) is 18.6. The van der Waals surface area contributed by atoms with Crippen LogP contribution < -0.4 is 5.46 Å². The largest absolute Gasteiger partial charge is 0.490 e. The first kappa shape index (κ1) is 10.9. The molecule has 2 heterocycles. The molecule has 0 saturated heterocycles. The van der Waals surface area contributed by atoms with Gasteiger partial charge in [-0.3, -0.25) is 4.98 Å². The van der Waals surface area contributed by atoms with Gasteiger partial charge in [0, 0.05) is 23.4 Å². The smallest absolute Gasteiger partial charge is 0.423 e. The van der Waals surface area contributed by atoms with Gasteiger partial charge in [0.15, 0.2) is 0 Å². The molecule has 18 heavy (non-hydrogen) atoms. The van der Waals surface area contributed by atoms with Crippen molar-refractivity contribution in [3.8, 4) is 11.4 Å². The zero-order valence-electron chi connectivity index (χ0n) is 9.41. The molecule has 88 valence electrons. The number of hydrogen-bond acceptors (Lipinski definition) is 4. The van der Waals surface area contributed by atoms with Crippen LogP contribution in [0.2, 0.25) is 0 Å². The Hall–Kier alpha value is -2.18. The number of aromatic nitrogens is 3. The van der Waals surface area contributed by atoms with Crippen molar-refractivity contribution < 1.29 is 10.0 Å². The molecule has 0 aliphatic rings. The van der Waals surface area contributed by atoms with Crippen LogP contribution in [0.25, 0.3) is 22.4 Å². The Bertz CT molecular complexity index is 682. The maximum Gasteiger partial charge on any atom is 0.490 e. The van der Waals surface area contributed by atoms with Gasteiger partial charge in [0.25, 0.3) is 0 Å². The lowest BCUT2D eigenvalue weighted by Gasteiger charge is -1.98. The fourth-order valence-corrected chi connectivity index (χ4v) is 1.91. The Labute approximate surface area is 103 Å². The molecule has 0 fully saturated rings. The third kappa shape index (κ3) is 1.77. The van der Waals surface area contributed by atoms with Gasteiger partial charge < -0.3 is 15.0 Å². The summed E-state index contributed by atoms with van der Waals surface area (Å²) in [4.78, 5) is 11.5. The van der Waals surface area contributed by atoms with E-state index in [0.29, 0.717) is 16.8 Å². The molecule has 0 aliphatic carbocycles. The summed E-state index contributed by atoms with van der Waals surface area (Å²) >= 11 is 0. The lowest BCUT2D eigenvalue weighted by atomic mass is 9.79. The second-order valence-corrected chi connectivity index (χ2v) is 3.94. The lowest BCUT2D eigenvalue weighted by molar-refractivity contribution is 0.426. The van der Waals surface area contributed by atoms with Crippen LogP contribution in [-0.4, -0.2) is 32.1 Å². The Morgan fingerprint density at radius 2 is 1.83 bits per heavy atom. The van der Waals surface area contributed by atoms with Crippen LogP contribution in [0, 0.1) is 0 Å². The van der Waals surface area contributed by atoms with Gasteiger partial charge in [-0.25, -0.2) is 4.98 Å². The first-order valence-corrected chi connectivity index (χ1v) is 5.51. The van der Waals surface area contributed by atoms with E-state index in [4.69, 9.17) is 0 Å². The zero-order chi connectivity index (χ0) is 12.5. The highest BCUT2D eigenvalue weighted by Crippen LogP contribution is 2.18. The normalized spacial score (nSPS) is 10.8. The van der Waals surface area contributed by atoms with Crippen LogP contribution in [0.1, 0.15) is 0 Å². The minimum absolute atomic E-state index is 0.393. The molecule has 3 N–H and O–H groups in total. The van der Waals surface area contributed by atoms with Gasteiger partial charge in [0.2, 0.25) is 0 Å². The van der Waals surface area contributed by atoms with Gasteiger partial charge >= 0.3 is 7.12 Å². The molecule has 0 saturated carbocycles. The van der Waals surface area contributed by atoms with Crippen molar-refractivity contribution in [2.45, 2.75) is 0 Å². The van der Waals surface area contributed by atoms with Gasteiger partial charge in [-0.15, -0.1) is 0 Å². The predicted molar refractivity (Wildman–Crippen MR) is 69.2 cm³/mol. The molecule has 0 bridgehead atoms. The Balaban J connectivity index is 2.20. The fraction of sp³-hybridized carbons (Fsp3) is 0. The predicted octanol–water partition coefficient (Wildman–Crippen LogP) is 0.305. The minimum Gasteiger partial charge on any atom is -0.423 e. The van der Waals surface area contributed by atoms with E-state index in [9.17, 15) is 10.0 Å². The van der Waals surface area contributed by atoms with E-state index in [2.05, 4.69) is 15.0 Å². The molecular weight excluding hydrogens is 229 g/mol. The van der Waals surface area contributed by atoms with Crippen molar-refractivity contribution in [2.75, 3.05) is 0 Å². The number of para-hydroxylation sites is 1. The molecule has 0 spiro atoms. The first-order valence-electron chi connectivity index (χ1n) is 5.51. The summed E-state index contributed by atoms with van der Waals surface area (Å²) < 4.78 is 0. The van der Waals surface area contributed by atoms with Crippen LogP contribution in [-0.2, 0) is 0 Å². The molecule has 0 atom stereocenters. The van der Waals surface area contributed by atoms with Crippen molar-refractivity contribution in [1.29, 1.82) is 0 Å². The number of hydrogen-bond donors (Lipinski definition) is 3. The average Bonchev–Trinajstić information content (AvgIpc) is 2.83. The molecule has 0 amide bonds. The van der Waals surface area contributed by atoms with Gasteiger partial charge in [-0.1, -0.05) is 12.1 Å². The number of imidazole rings is 1. The van der Waals surface area contributed by atoms with Crippen molar-refractivity contribution in [3.05, 3.63) is 42.7 Å². The minimum atomic E-state index is -1.53. The van der Waals surface area contributed by atoms with Crippen LogP contribution in [0.4, 0.5) is 0 Å². The number of nitrogens with one attached hydrogen (secondary N) is 1. The van der Waals surface area contributed by atoms with Gasteiger partial charge in [0.05, 0.1) is 11.0 Å². The Morgan fingerprint density at radius 1 is 1.06 bits per heavy atom. The SMILES string of the molecule is OB(O)c1cccc2[nH]c(-c3ccncc3)nc12. The van der Waals surface area contributed by atoms with Crippen molar-refractivity contribution >= 4 is 23.6 Å². The summed E-state index contributed by atoms with van der Waals surface area (Å²) in [5.74, 6) is 0.681. The monoisotopic (exact) mass is 239 g/mol. The van der Waals surface area contributed by atoms with Gasteiger partial charge in [-0.05, 0) is 18.2 Å². The van der Waals surface area contributed by atoms with E-state index in [1.165, 1.54) is 0 Å². The van der Waals surface area contributed by atoms with Gasteiger partial charge in [0.1, 0.15) is 5.82 Å². The van der Waals surface area contributed by atoms with Crippen LogP contribution in [0.15, 0.2) is 42.7 Å². The standard InChI is InChI=1S/C12H10BN3O2/c17-13(18)9-2-1-3-10-11(9)16-12(15-10)8-4-6-14-7-5-8/h1-7,17-18H,(H,15,16). The van der Waals surface area contributed by atoms with E-state index < -0.39 is 7.12 Å². The molecule has 3 aromatic rings. The van der Waals surface area contributed by atoms with Crippen LogP contribution in [0.5, 0.6) is 0 Å². The molecule has 0 radical (unpaired) electrons. The second-order valence-electron chi connectivity index (χ2n) is 3.94. The number of pyridine rings is 1. The summed E-state index contributed by atoms with van der Waals surface area (Å²) in [7, 11) is -1.53. The highest BCUT2D eigenvalue weighted by Gasteiger charge is 2.17. The average molecular weight is 239 g/mol. The molecule has 6 heteroatoms. The Morgan fingerprint density at radius 3 is 2.56 bits per heavy atom. The molecule has 0 aliphatic heterocycles. The zero-order valence-corrected chi connectivity index (χ0v) is 9.41. The first-order chi connectivity index (χ1) is 8.75. The number of rotatable bonds is 2. The number of fused-ring (bicyclic) bond motifs is 1. The summed E-state index contributed by atoms with van der Waals surface area (Å²) in [6.45, 7) is 0. The van der Waals surface area contributed by atoms with E-state index in [0.717, 1.165) is 11.1 Å². The van der Waals surface area contributed by atoms with Crippen LogP contribution in [0.3, 0.4) is 0 Å². The second kappa shape index (κ2) is 4.25. The van der Waals surface area contributed by atoms with E-state index >= 15 is 0 Å². The maximum absolute atomic E-state index is 9.29. The highest BCUT2D eigenvalue weighted by molar-refractivity contribution is 6.61. The Kier molecular flexibility index (Phi) is 2.58. The molecule has 5 nitrogen and oxygen atoms in total. The van der Waals surface area contributed by atoms with Crippen LogP contribution >= 0.6 is 0 Å². The summed E-state index contributed by atoms with van der Waals surface area (Å²) in [5.41, 5.74) is 2.63. The number of aromatic amines is 1. The van der Waals surface area contributed by atoms with Gasteiger partial charge in [-0.2, -0.15) is 0 Å². The topological polar surface area (TPSA) is 82.0 Å². The van der Waals surface area contributed by atoms with Crippen molar-refractivity contribution in [2.24, 2.45) is 0 Å². The molecule has 3 rings (SSSR count). The van der Waals surface area contributed by atoms with Crippen molar-refractivity contribution in [1.82, 2.24) is 15.0 Å². The number of nitrogens with zero attached hydrogens (tertiary/aromatic N) is 2. The molecule has 1 aromatic carbocycles. The highest BCUT2D eigenvalue weighted by atomic mass is 16.4. The van der Waals surface area contributed by atoms with Crippen molar-refractivity contribution in [3.63, 3.8) is 0 Å². The lowest BCUT2D eigenvalue weighted by Crippen LogP contribution is -2.30. The molecule has 0 unspecified atom stereocenters. The maximum atomic E-state index is 9.29.